The molecule has 4 nitrogen and oxygen atoms in total. The van der Waals surface area contributed by atoms with E-state index >= 15 is 0 Å². The second-order valence-electron chi connectivity index (χ2n) is 14.3. The van der Waals surface area contributed by atoms with E-state index in [1.165, 1.54) is 5.57 Å². The molecular formula is C31H48O4. The molecule has 0 amide bonds. The van der Waals surface area contributed by atoms with Crippen LogP contribution in [-0.4, -0.2) is 34.5 Å². The van der Waals surface area contributed by atoms with E-state index in [4.69, 9.17) is 0 Å². The third-order valence-electron chi connectivity index (χ3n) is 13.7. The van der Waals surface area contributed by atoms with Gasteiger partial charge in [0.15, 0.2) is 0 Å². The van der Waals surface area contributed by atoms with Crippen LogP contribution in [0.4, 0.5) is 0 Å². The minimum absolute atomic E-state index is 0.0381. The van der Waals surface area contributed by atoms with E-state index in [1.807, 2.05) is 0 Å². The minimum Gasteiger partial charge on any atom is -0.481 e. The molecule has 10 atom stereocenters. The Morgan fingerprint density at radius 3 is 2.26 bits per heavy atom. The van der Waals surface area contributed by atoms with E-state index in [1.54, 1.807) is 0 Å². The van der Waals surface area contributed by atoms with Crippen LogP contribution in [0.25, 0.3) is 0 Å². The number of hydrogen-bond acceptors (Lipinski definition) is 3. The molecule has 0 aromatic rings. The fourth-order valence-corrected chi connectivity index (χ4v) is 11.5. The average Bonchev–Trinajstić information content (AvgIpc) is 3.23. The second kappa shape index (κ2) is 7.93. The summed E-state index contributed by atoms with van der Waals surface area (Å²) in [5, 5.41) is 31.0. The molecule has 0 aromatic carbocycles. The monoisotopic (exact) mass is 484 g/mol. The summed E-state index contributed by atoms with van der Waals surface area (Å²) < 4.78 is 0. The van der Waals surface area contributed by atoms with Gasteiger partial charge < -0.3 is 15.3 Å². The van der Waals surface area contributed by atoms with Crippen molar-refractivity contribution in [2.24, 2.45) is 56.7 Å². The van der Waals surface area contributed by atoms with Crippen molar-refractivity contribution in [3.8, 4) is 0 Å². The molecule has 0 aromatic heterocycles. The third kappa shape index (κ3) is 2.96. The molecular weight excluding hydrogens is 436 g/mol. The van der Waals surface area contributed by atoms with Gasteiger partial charge >= 0.3 is 5.97 Å². The summed E-state index contributed by atoms with van der Waals surface area (Å²) in [6.07, 6.45) is 9.93. The van der Waals surface area contributed by atoms with Crippen LogP contribution in [0.3, 0.4) is 0 Å². The van der Waals surface area contributed by atoms with E-state index in [0.29, 0.717) is 17.8 Å². The Morgan fingerprint density at radius 2 is 1.63 bits per heavy atom. The van der Waals surface area contributed by atoms with Gasteiger partial charge in [-0.1, -0.05) is 46.4 Å². The van der Waals surface area contributed by atoms with Crippen molar-refractivity contribution in [3.05, 3.63) is 24.3 Å². The summed E-state index contributed by atoms with van der Waals surface area (Å²) in [5.74, 6) is 0.957. The molecule has 4 heteroatoms. The molecule has 196 valence electrons. The number of aliphatic hydroxyl groups is 2. The van der Waals surface area contributed by atoms with Crippen LogP contribution in [0.15, 0.2) is 24.3 Å². The summed E-state index contributed by atoms with van der Waals surface area (Å²) in [6.45, 7) is 18.6. The zero-order chi connectivity index (χ0) is 25.6. The third-order valence-corrected chi connectivity index (χ3v) is 13.7. The highest BCUT2D eigenvalue weighted by Crippen LogP contribution is 2.77. The first-order chi connectivity index (χ1) is 16.4. The van der Waals surface area contributed by atoms with Crippen molar-refractivity contribution >= 4 is 5.97 Å². The summed E-state index contributed by atoms with van der Waals surface area (Å²) in [7, 11) is 0. The first-order valence-corrected chi connectivity index (χ1v) is 14.2. The highest BCUT2D eigenvalue weighted by molar-refractivity contribution is 5.76. The van der Waals surface area contributed by atoms with Crippen LogP contribution in [0.2, 0.25) is 0 Å². The van der Waals surface area contributed by atoms with Crippen molar-refractivity contribution in [2.45, 2.75) is 91.9 Å². The molecule has 0 saturated heterocycles. The predicted molar refractivity (Wildman–Crippen MR) is 139 cm³/mol. The molecule has 0 heterocycles. The van der Waals surface area contributed by atoms with Gasteiger partial charge in [-0.05, 0) is 116 Å². The molecule has 0 bridgehead atoms. The second-order valence-corrected chi connectivity index (χ2v) is 14.3. The van der Waals surface area contributed by atoms with Crippen molar-refractivity contribution in [2.75, 3.05) is 13.2 Å². The summed E-state index contributed by atoms with van der Waals surface area (Å²) in [4.78, 5) is 12.8. The molecule has 35 heavy (non-hydrogen) atoms. The number of carbonyl (C=O) groups is 1. The van der Waals surface area contributed by atoms with E-state index < -0.39 is 11.4 Å². The van der Waals surface area contributed by atoms with Crippen LogP contribution in [0.1, 0.15) is 91.9 Å². The van der Waals surface area contributed by atoms with Gasteiger partial charge in [0.05, 0.1) is 18.6 Å². The first-order valence-electron chi connectivity index (χ1n) is 14.2. The van der Waals surface area contributed by atoms with Crippen molar-refractivity contribution in [3.63, 3.8) is 0 Å². The molecule has 5 saturated carbocycles. The molecule has 10 unspecified atom stereocenters. The molecule has 0 aliphatic heterocycles. The van der Waals surface area contributed by atoms with Crippen LogP contribution in [0, 0.1) is 56.7 Å². The van der Waals surface area contributed by atoms with Gasteiger partial charge in [-0.3, -0.25) is 4.79 Å². The highest BCUT2D eigenvalue weighted by Gasteiger charge is 2.72. The van der Waals surface area contributed by atoms with E-state index in [2.05, 4.69) is 40.9 Å². The van der Waals surface area contributed by atoms with Crippen LogP contribution in [-0.2, 0) is 4.79 Å². The van der Waals surface area contributed by atoms with Gasteiger partial charge in [0.1, 0.15) is 0 Å². The molecule has 5 aliphatic rings. The molecule has 0 radical (unpaired) electrons. The number of hydrogen-bond donors (Lipinski definition) is 3. The standard InChI is InChI=1S/C31H48O4/c1-19(17-32)21-10-14-31(26(34)35)16-15-29(5)22(25(21)31)7-8-24-27(3)12-9-20(2)28(4,18-33)23(27)11-13-30(24,29)6/h21-25,32-33H,1-2,7-18H2,3-6H3,(H,34,35). The number of carboxylic acids is 1. The Balaban J connectivity index is 1.57. The van der Waals surface area contributed by atoms with Crippen LogP contribution >= 0.6 is 0 Å². The van der Waals surface area contributed by atoms with Gasteiger partial charge in [0.25, 0.3) is 0 Å². The van der Waals surface area contributed by atoms with Gasteiger partial charge in [-0.15, -0.1) is 0 Å². The average molecular weight is 485 g/mol. The maximum Gasteiger partial charge on any atom is 0.309 e. The first kappa shape index (κ1) is 25.5. The van der Waals surface area contributed by atoms with E-state index in [9.17, 15) is 20.1 Å². The fraction of sp³-hybridized carbons (Fsp3) is 0.839. The lowest BCUT2D eigenvalue weighted by Crippen LogP contribution is -2.66. The maximum absolute atomic E-state index is 12.8. The topological polar surface area (TPSA) is 77.8 Å². The number of aliphatic carboxylic acids is 1. The Morgan fingerprint density at radius 1 is 0.914 bits per heavy atom. The Hall–Kier alpha value is -1.13. The number of aliphatic hydroxyl groups excluding tert-OH is 2. The number of carboxylic acid groups (broad SMARTS) is 1. The minimum atomic E-state index is -0.657. The van der Waals surface area contributed by atoms with Crippen molar-refractivity contribution in [1.29, 1.82) is 0 Å². The predicted octanol–water partition coefficient (Wildman–Crippen LogP) is 6.23. The number of rotatable bonds is 4. The lowest BCUT2D eigenvalue weighted by molar-refractivity contribution is -0.236. The van der Waals surface area contributed by atoms with Gasteiger partial charge in [-0.2, -0.15) is 0 Å². The molecule has 5 fully saturated rings. The molecule has 3 N–H and O–H groups in total. The normalized spacial score (nSPS) is 53.2. The van der Waals surface area contributed by atoms with E-state index in [-0.39, 0.29) is 46.7 Å². The van der Waals surface area contributed by atoms with Crippen molar-refractivity contribution < 1.29 is 20.1 Å². The Labute approximate surface area is 212 Å². The van der Waals surface area contributed by atoms with E-state index in [0.717, 1.165) is 69.8 Å². The highest BCUT2D eigenvalue weighted by atomic mass is 16.4. The van der Waals surface area contributed by atoms with Gasteiger partial charge in [-0.25, -0.2) is 0 Å². The van der Waals surface area contributed by atoms with Gasteiger partial charge in [0, 0.05) is 5.41 Å². The summed E-state index contributed by atoms with van der Waals surface area (Å²) in [5.41, 5.74) is 1.61. The smallest absolute Gasteiger partial charge is 0.309 e. The maximum atomic E-state index is 12.8. The lowest BCUT2D eigenvalue weighted by atomic mass is 9.32. The lowest BCUT2D eigenvalue weighted by Gasteiger charge is -2.72. The fourth-order valence-electron chi connectivity index (χ4n) is 11.5. The van der Waals surface area contributed by atoms with Crippen molar-refractivity contribution in [1.82, 2.24) is 0 Å². The summed E-state index contributed by atoms with van der Waals surface area (Å²) >= 11 is 0. The van der Waals surface area contributed by atoms with Crippen LogP contribution < -0.4 is 0 Å². The quantitative estimate of drug-likeness (QED) is 0.413. The molecule has 5 aliphatic carbocycles. The zero-order valence-corrected chi connectivity index (χ0v) is 22.5. The largest absolute Gasteiger partial charge is 0.481 e. The SMILES string of the molecule is C=C(CO)C1CCC2(C(=O)O)CCC3(C)C(CCC4C5(C)CCC(=C)C(C)(CO)C5CCC43C)C12. The Kier molecular flexibility index (Phi) is 5.78. The van der Waals surface area contributed by atoms with Gasteiger partial charge in [0.2, 0.25) is 0 Å². The summed E-state index contributed by atoms with van der Waals surface area (Å²) in [6, 6.07) is 0. The Bertz CT molecular complexity index is 940. The molecule has 5 rings (SSSR count). The van der Waals surface area contributed by atoms with Crippen LogP contribution in [0.5, 0.6) is 0 Å². The number of fused-ring (bicyclic) bond motifs is 7. The zero-order valence-electron chi connectivity index (χ0n) is 22.5. The molecule has 0 spiro atoms.